The van der Waals surface area contributed by atoms with Crippen LogP contribution in [0.1, 0.15) is 55.0 Å². The topological polar surface area (TPSA) is 38.1 Å². The average molecular weight is 247 g/mol. The lowest BCUT2D eigenvalue weighted by atomic mass is 10.2. The van der Waals surface area contributed by atoms with Gasteiger partial charge in [0.25, 0.3) is 0 Å². The number of ketones is 1. The molecule has 0 amide bonds. The highest BCUT2D eigenvalue weighted by Gasteiger charge is 2.30. The van der Waals surface area contributed by atoms with Crippen molar-refractivity contribution in [2.75, 3.05) is 14.1 Å². The van der Waals surface area contributed by atoms with Gasteiger partial charge in [-0.05, 0) is 26.7 Å². The highest BCUT2D eigenvalue weighted by atomic mass is 16.1. The summed E-state index contributed by atoms with van der Waals surface area (Å²) in [6.45, 7) is 4.19. The van der Waals surface area contributed by atoms with E-state index in [9.17, 15) is 4.79 Å². The molecule has 0 radical (unpaired) electrons. The maximum Gasteiger partial charge on any atom is 0.205 e. The molecule has 1 saturated carbocycles. The molecule has 2 rings (SSSR count). The van der Waals surface area contributed by atoms with Crippen LogP contribution in [0.4, 0.5) is 0 Å². The molecule has 1 aliphatic carbocycles. The van der Waals surface area contributed by atoms with Gasteiger partial charge in [0, 0.05) is 38.3 Å². The molecule has 1 aliphatic rings. The Morgan fingerprint density at radius 2 is 2.17 bits per heavy atom. The molecule has 1 aromatic heterocycles. The molecular weight excluding hydrogens is 226 g/mol. The second-order valence-electron chi connectivity index (χ2n) is 5.38. The number of carbonyl (C=O) groups excluding carboxylic acids is 1. The van der Waals surface area contributed by atoms with Crippen molar-refractivity contribution in [3.63, 3.8) is 0 Å². The number of carbonyl (C=O) groups is 1. The van der Waals surface area contributed by atoms with E-state index in [4.69, 9.17) is 0 Å². The van der Waals surface area contributed by atoms with E-state index in [1.807, 2.05) is 19.0 Å². The van der Waals surface area contributed by atoms with Gasteiger partial charge in [0.15, 0.2) is 0 Å². The van der Waals surface area contributed by atoms with Crippen LogP contribution in [0.25, 0.3) is 0 Å². The van der Waals surface area contributed by atoms with Crippen LogP contribution < -0.4 is 0 Å². The molecule has 0 spiro atoms. The lowest BCUT2D eigenvalue weighted by Crippen LogP contribution is -2.13. The summed E-state index contributed by atoms with van der Waals surface area (Å²) in [5.41, 5.74) is 0.699. The molecule has 0 N–H and O–H groups in total. The van der Waals surface area contributed by atoms with Crippen molar-refractivity contribution in [1.82, 2.24) is 14.5 Å². The normalized spacial score (nSPS) is 15.6. The molecule has 0 saturated heterocycles. The van der Waals surface area contributed by atoms with Crippen LogP contribution in [0.15, 0.2) is 18.5 Å². The number of hydrogen-bond acceptors (Lipinski definition) is 3. The Balaban J connectivity index is 2.29. The maximum absolute atomic E-state index is 12.2. The Kier molecular flexibility index (Phi) is 3.55. The molecule has 4 nitrogen and oxygen atoms in total. The summed E-state index contributed by atoms with van der Waals surface area (Å²) in [6, 6.07) is 0.273. The zero-order valence-electron chi connectivity index (χ0n) is 11.6. The lowest BCUT2D eigenvalue weighted by Gasteiger charge is -2.14. The van der Waals surface area contributed by atoms with Gasteiger partial charge in [0.1, 0.15) is 11.5 Å². The molecule has 0 bridgehead atoms. The van der Waals surface area contributed by atoms with Gasteiger partial charge in [-0.15, -0.1) is 0 Å². The monoisotopic (exact) mass is 247 g/mol. The first-order valence-corrected chi connectivity index (χ1v) is 6.46. The van der Waals surface area contributed by atoms with Crippen LogP contribution in [0, 0.1) is 0 Å². The fourth-order valence-electron chi connectivity index (χ4n) is 2.05. The van der Waals surface area contributed by atoms with Crippen LogP contribution in [-0.2, 0) is 0 Å². The Hall–Kier alpha value is -1.58. The summed E-state index contributed by atoms with van der Waals surface area (Å²) in [7, 11) is 3.80. The zero-order valence-corrected chi connectivity index (χ0v) is 11.6. The van der Waals surface area contributed by atoms with Crippen molar-refractivity contribution in [1.29, 1.82) is 0 Å². The first-order valence-electron chi connectivity index (χ1n) is 6.46. The number of rotatable bonds is 5. The smallest absolute Gasteiger partial charge is 0.205 e. The second-order valence-corrected chi connectivity index (χ2v) is 5.38. The van der Waals surface area contributed by atoms with Gasteiger partial charge >= 0.3 is 0 Å². The van der Waals surface area contributed by atoms with Crippen molar-refractivity contribution in [2.24, 2.45) is 0 Å². The maximum atomic E-state index is 12.2. The van der Waals surface area contributed by atoms with E-state index in [1.54, 1.807) is 18.5 Å². The minimum atomic E-state index is 0.0248. The molecular formula is C14H21N3O. The van der Waals surface area contributed by atoms with Gasteiger partial charge in [-0.1, -0.05) is 0 Å². The van der Waals surface area contributed by atoms with Crippen molar-refractivity contribution < 1.29 is 4.79 Å². The molecule has 1 fully saturated rings. The number of imidazole rings is 1. The molecule has 0 aliphatic heterocycles. The van der Waals surface area contributed by atoms with E-state index >= 15 is 0 Å². The largest absolute Gasteiger partial charge is 0.383 e. The molecule has 0 unspecified atom stereocenters. The third kappa shape index (κ3) is 2.63. The van der Waals surface area contributed by atoms with Gasteiger partial charge in [-0.3, -0.25) is 4.79 Å². The average Bonchev–Trinajstić information content (AvgIpc) is 3.04. The first kappa shape index (κ1) is 12.9. The van der Waals surface area contributed by atoms with Crippen LogP contribution in [0.3, 0.4) is 0 Å². The van der Waals surface area contributed by atoms with Gasteiger partial charge < -0.3 is 9.47 Å². The third-order valence-corrected chi connectivity index (χ3v) is 3.06. The summed E-state index contributed by atoms with van der Waals surface area (Å²) < 4.78 is 2.08. The predicted molar refractivity (Wildman–Crippen MR) is 71.7 cm³/mol. The van der Waals surface area contributed by atoms with Gasteiger partial charge in [0.05, 0.1) is 6.20 Å². The highest BCUT2D eigenvalue weighted by Crippen LogP contribution is 2.40. The molecule has 1 heterocycles. The van der Waals surface area contributed by atoms with E-state index < -0.39 is 0 Å². The molecule has 0 aromatic carbocycles. The summed E-state index contributed by atoms with van der Waals surface area (Å²) in [5, 5.41) is 0. The summed E-state index contributed by atoms with van der Waals surface area (Å²) in [6.07, 6.45) is 7.50. The van der Waals surface area contributed by atoms with E-state index in [2.05, 4.69) is 23.4 Å². The van der Waals surface area contributed by atoms with Crippen molar-refractivity contribution in [2.45, 2.75) is 38.6 Å². The van der Waals surface area contributed by atoms with Crippen LogP contribution in [-0.4, -0.2) is 34.3 Å². The highest BCUT2D eigenvalue weighted by molar-refractivity contribution is 6.03. The van der Waals surface area contributed by atoms with Crippen molar-refractivity contribution in [3.05, 3.63) is 30.0 Å². The van der Waals surface area contributed by atoms with Crippen LogP contribution >= 0.6 is 0 Å². The lowest BCUT2D eigenvalue weighted by molar-refractivity contribution is 0.103. The van der Waals surface area contributed by atoms with E-state index in [1.165, 1.54) is 12.8 Å². The summed E-state index contributed by atoms with van der Waals surface area (Å²) >= 11 is 0. The van der Waals surface area contributed by atoms with Crippen molar-refractivity contribution >= 4 is 5.78 Å². The fraction of sp³-hybridized carbons (Fsp3) is 0.571. The Morgan fingerprint density at radius 3 is 2.67 bits per heavy atom. The van der Waals surface area contributed by atoms with Gasteiger partial charge in [-0.25, -0.2) is 4.98 Å². The Bertz CT molecular complexity index is 467. The third-order valence-electron chi connectivity index (χ3n) is 3.06. The van der Waals surface area contributed by atoms with E-state index in [-0.39, 0.29) is 11.8 Å². The van der Waals surface area contributed by atoms with Crippen LogP contribution in [0.2, 0.25) is 0 Å². The molecule has 1 aromatic rings. The summed E-state index contributed by atoms with van der Waals surface area (Å²) in [5.74, 6) is 1.66. The van der Waals surface area contributed by atoms with Gasteiger partial charge in [0.2, 0.25) is 5.78 Å². The number of allylic oxidation sites excluding steroid dienone is 1. The molecule has 98 valence electrons. The SMILES string of the molecule is CC(C)n1c(C(=O)C=CN(C)C)cnc1C1CC1. The summed E-state index contributed by atoms with van der Waals surface area (Å²) in [4.78, 5) is 18.5. The first-order chi connectivity index (χ1) is 8.50. The Morgan fingerprint density at radius 1 is 1.50 bits per heavy atom. The van der Waals surface area contributed by atoms with E-state index in [0.717, 1.165) is 5.82 Å². The predicted octanol–water partition coefficient (Wildman–Crippen LogP) is 2.60. The minimum absolute atomic E-state index is 0.0248. The van der Waals surface area contributed by atoms with Gasteiger partial charge in [-0.2, -0.15) is 0 Å². The Labute approximate surface area is 108 Å². The number of aromatic nitrogens is 2. The number of nitrogens with zero attached hydrogens (tertiary/aromatic N) is 3. The quantitative estimate of drug-likeness (QED) is 0.593. The molecule has 4 heteroatoms. The standard InChI is InChI=1S/C14H21N3O/c1-10(2)17-12(13(18)7-8-16(3)4)9-15-14(17)11-5-6-11/h7-11H,5-6H2,1-4H3. The van der Waals surface area contributed by atoms with E-state index in [0.29, 0.717) is 11.6 Å². The minimum Gasteiger partial charge on any atom is -0.383 e. The molecule has 18 heavy (non-hydrogen) atoms. The fourth-order valence-corrected chi connectivity index (χ4v) is 2.05. The zero-order chi connectivity index (χ0) is 13.3. The van der Waals surface area contributed by atoms with Crippen molar-refractivity contribution in [3.8, 4) is 0 Å². The number of hydrogen-bond donors (Lipinski definition) is 0. The second kappa shape index (κ2) is 4.96. The molecule has 0 atom stereocenters. The van der Waals surface area contributed by atoms with Crippen LogP contribution in [0.5, 0.6) is 0 Å².